The van der Waals surface area contributed by atoms with Crippen LogP contribution >= 0.6 is 0 Å². The number of ether oxygens (including phenoxy) is 1. The summed E-state index contributed by atoms with van der Waals surface area (Å²) >= 11 is 0. The molecule has 0 atom stereocenters. The van der Waals surface area contributed by atoms with E-state index in [1.807, 2.05) is 6.20 Å². The Hall–Kier alpha value is -2.83. The summed E-state index contributed by atoms with van der Waals surface area (Å²) in [7, 11) is 0. The number of aromatic nitrogens is 5. The lowest BCUT2D eigenvalue weighted by Crippen LogP contribution is -2.00. The quantitative estimate of drug-likeness (QED) is 0.731. The number of hydrogen-bond donors (Lipinski definition) is 2. The summed E-state index contributed by atoms with van der Waals surface area (Å²) < 4.78 is 7.23. The fraction of sp³-hybridized carbons (Fsp3) is 0.154. The first-order valence-electron chi connectivity index (χ1n) is 6.08. The molecule has 2 heterocycles. The van der Waals surface area contributed by atoms with E-state index in [1.165, 1.54) is 0 Å². The Labute approximate surface area is 114 Å². The monoisotopic (exact) mass is 271 g/mol. The van der Waals surface area contributed by atoms with Crippen LogP contribution < -0.4 is 4.74 Å². The van der Waals surface area contributed by atoms with Gasteiger partial charge in [0.05, 0.1) is 24.8 Å². The molecule has 0 unspecified atom stereocenters. The fourth-order valence-corrected chi connectivity index (χ4v) is 1.76. The number of hydrogen-bond acceptors (Lipinski definition) is 5. The zero-order valence-corrected chi connectivity index (χ0v) is 10.6. The first-order valence-corrected chi connectivity index (χ1v) is 6.08. The molecular weight excluding hydrogens is 258 g/mol. The third kappa shape index (κ3) is 2.94. The average molecular weight is 271 g/mol. The maximum absolute atomic E-state index is 9.34. The van der Waals surface area contributed by atoms with Crippen molar-refractivity contribution in [1.82, 2.24) is 25.0 Å². The molecule has 1 aromatic carbocycles. The topological polar surface area (TPSA) is 88.9 Å². The number of H-pyrrole nitrogens is 1. The van der Waals surface area contributed by atoms with Crippen molar-refractivity contribution in [2.75, 3.05) is 0 Å². The van der Waals surface area contributed by atoms with E-state index < -0.39 is 0 Å². The molecule has 20 heavy (non-hydrogen) atoms. The number of imidazole rings is 1. The highest BCUT2D eigenvalue weighted by atomic mass is 16.5. The second kappa shape index (κ2) is 5.43. The molecule has 7 nitrogen and oxygen atoms in total. The Balaban J connectivity index is 1.60. The standard InChI is InChI=1S/C13H13N5O2/c19-12-2-1-3-13(4-12)20-8-11-7-18(17-16-11)6-10-5-14-9-15-10/h1-5,7,9,19H,6,8H2,(H,14,15). The fourth-order valence-electron chi connectivity index (χ4n) is 1.76. The Bertz CT molecular complexity index is 678. The molecule has 0 saturated carbocycles. The van der Waals surface area contributed by atoms with Gasteiger partial charge >= 0.3 is 0 Å². The molecule has 2 N–H and O–H groups in total. The highest BCUT2D eigenvalue weighted by Crippen LogP contribution is 2.18. The van der Waals surface area contributed by atoms with E-state index in [2.05, 4.69) is 20.3 Å². The molecule has 0 bridgehead atoms. The second-order valence-corrected chi connectivity index (χ2v) is 4.27. The minimum Gasteiger partial charge on any atom is -0.508 e. The lowest BCUT2D eigenvalue weighted by Gasteiger charge is -2.03. The van der Waals surface area contributed by atoms with E-state index >= 15 is 0 Å². The molecule has 0 aliphatic heterocycles. The molecule has 3 rings (SSSR count). The molecule has 0 aliphatic carbocycles. The van der Waals surface area contributed by atoms with Crippen LogP contribution in [0.1, 0.15) is 11.4 Å². The predicted molar refractivity (Wildman–Crippen MR) is 70.2 cm³/mol. The van der Waals surface area contributed by atoms with Crippen molar-refractivity contribution < 1.29 is 9.84 Å². The van der Waals surface area contributed by atoms with E-state index in [0.717, 1.165) is 5.69 Å². The molecule has 7 heteroatoms. The predicted octanol–water partition coefficient (Wildman–Crippen LogP) is 1.33. The normalized spacial score (nSPS) is 10.6. The van der Waals surface area contributed by atoms with Crippen LogP contribution in [0.25, 0.3) is 0 Å². The molecule has 0 aliphatic rings. The van der Waals surface area contributed by atoms with Crippen LogP contribution in [0.15, 0.2) is 43.0 Å². The van der Waals surface area contributed by atoms with Crippen LogP contribution in [-0.2, 0) is 13.2 Å². The molecule has 3 aromatic rings. The number of phenolic OH excluding ortho intramolecular Hbond substituents is 1. The van der Waals surface area contributed by atoms with E-state index in [1.54, 1.807) is 41.5 Å². The summed E-state index contributed by atoms with van der Waals surface area (Å²) in [6.45, 7) is 0.881. The smallest absolute Gasteiger partial charge is 0.134 e. The van der Waals surface area contributed by atoms with E-state index in [0.29, 0.717) is 24.6 Å². The maximum Gasteiger partial charge on any atom is 0.134 e. The molecule has 2 aromatic heterocycles. The summed E-state index contributed by atoms with van der Waals surface area (Å²) in [6.07, 6.45) is 5.17. The van der Waals surface area contributed by atoms with Gasteiger partial charge in [0.25, 0.3) is 0 Å². The van der Waals surface area contributed by atoms with Crippen LogP contribution in [0.5, 0.6) is 11.5 Å². The Morgan fingerprint density at radius 3 is 3.10 bits per heavy atom. The van der Waals surface area contributed by atoms with Gasteiger partial charge < -0.3 is 14.8 Å². The van der Waals surface area contributed by atoms with E-state index in [4.69, 9.17) is 4.74 Å². The van der Waals surface area contributed by atoms with E-state index in [9.17, 15) is 5.11 Å². The lowest BCUT2D eigenvalue weighted by atomic mass is 10.3. The Kier molecular flexibility index (Phi) is 3.32. The SMILES string of the molecule is Oc1cccc(OCc2cn(Cc3cnc[nH]3)nn2)c1. The van der Waals surface area contributed by atoms with Crippen LogP contribution in [0.2, 0.25) is 0 Å². The third-order valence-corrected chi connectivity index (χ3v) is 2.68. The zero-order valence-electron chi connectivity index (χ0n) is 10.6. The third-order valence-electron chi connectivity index (χ3n) is 2.68. The maximum atomic E-state index is 9.34. The van der Waals surface area contributed by atoms with Gasteiger partial charge in [0.15, 0.2) is 0 Å². The minimum atomic E-state index is 0.172. The number of rotatable bonds is 5. The number of aromatic hydroxyl groups is 1. The second-order valence-electron chi connectivity index (χ2n) is 4.27. The van der Waals surface area contributed by atoms with Gasteiger partial charge in [0, 0.05) is 12.3 Å². The highest BCUT2D eigenvalue weighted by Gasteiger charge is 2.04. The molecular formula is C13H13N5O2. The van der Waals surface area contributed by atoms with Crippen LogP contribution in [0, 0.1) is 0 Å². The van der Waals surface area contributed by atoms with Crippen molar-refractivity contribution in [3.63, 3.8) is 0 Å². The van der Waals surface area contributed by atoms with Gasteiger partial charge in [0.1, 0.15) is 23.8 Å². The first-order chi connectivity index (χ1) is 9.79. The summed E-state index contributed by atoms with van der Waals surface area (Å²) in [5.74, 6) is 0.763. The number of benzene rings is 1. The molecule has 102 valence electrons. The van der Waals surface area contributed by atoms with Crippen molar-refractivity contribution in [3.05, 3.63) is 54.4 Å². The zero-order chi connectivity index (χ0) is 13.8. The largest absolute Gasteiger partial charge is 0.508 e. The summed E-state index contributed by atoms with van der Waals surface area (Å²) in [6, 6.07) is 6.64. The molecule has 0 spiro atoms. The van der Waals surface area contributed by atoms with Crippen LogP contribution in [0.3, 0.4) is 0 Å². The van der Waals surface area contributed by atoms with Crippen molar-refractivity contribution in [2.24, 2.45) is 0 Å². The van der Waals surface area contributed by atoms with Crippen LogP contribution in [0.4, 0.5) is 0 Å². The van der Waals surface area contributed by atoms with E-state index in [-0.39, 0.29) is 5.75 Å². The molecule has 0 saturated heterocycles. The summed E-state index contributed by atoms with van der Waals surface area (Å²) in [5.41, 5.74) is 1.67. The minimum absolute atomic E-state index is 0.172. The van der Waals surface area contributed by atoms with Gasteiger partial charge in [0.2, 0.25) is 0 Å². The van der Waals surface area contributed by atoms with Gasteiger partial charge in [-0.2, -0.15) is 0 Å². The van der Waals surface area contributed by atoms with Crippen LogP contribution in [-0.4, -0.2) is 30.1 Å². The number of nitrogens with one attached hydrogen (secondary N) is 1. The molecule has 0 radical (unpaired) electrons. The van der Waals surface area contributed by atoms with Gasteiger partial charge in [-0.05, 0) is 12.1 Å². The van der Waals surface area contributed by atoms with Crippen molar-refractivity contribution >= 4 is 0 Å². The van der Waals surface area contributed by atoms with Crippen molar-refractivity contribution in [2.45, 2.75) is 13.2 Å². The van der Waals surface area contributed by atoms with Gasteiger partial charge in [-0.25, -0.2) is 9.67 Å². The Morgan fingerprint density at radius 1 is 1.35 bits per heavy atom. The number of nitrogens with zero attached hydrogens (tertiary/aromatic N) is 4. The van der Waals surface area contributed by atoms with Crippen molar-refractivity contribution in [1.29, 1.82) is 0 Å². The average Bonchev–Trinajstić information content (AvgIpc) is 3.09. The van der Waals surface area contributed by atoms with Crippen molar-refractivity contribution in [3.8, 4) is 11.5 Å². The number of aromatic amines is 1. The lowest BCUT2D eigenvalue weighted by molar-refractivity contribution is 0.299. The molecule has 0 fully saturated rings. The van der Waals surface area contributed by atoms with Gasteiger partial charge in [-0.3, -0.25) is 0 Å². The van der Waals surface area contributed by atoms with Gasteiger partial charge in [-0.15, -0.1) is 5.10 Å². The number of phenols is 1. The van der Waals surface area contributed by atoms with Gasteiger partial charge in [-0.1, -0.05) is 11.3 Å². The molecule has 0 amide bonds. The summed E-state index contributed by atoms with van der Waals surface area (Å²) in [5, 5.41) is 17.4. The first kappa shape index (κ1) is 12.2. The highest BCUT2D eigenvalue weighted by molar-refractivity contribution is 5.31. The summed E-state index contributed by atoms with van der Waals surface area (Å²) in [4.78, 5) is 6.94. The Morgan fingerprint density at radius 2 is 2.30 bits per heavy atom.